The van der Waals surface area contributed by atoms with Crippen molar-refractivity contribution in [1.29, 1.82) is 0 Å². The van der Waals surface area contributed by atoms with Gasteiger partial charge in [-0.2, -0.15) is 0 Å². The summed E-state index contributed by atoms with van der Waals surface area (Å²) >= 11 is 0. The van der Waals surface area contributed by atoms with Crippen LogP contribution in [0.5, 0.6) is 0 Å². The Kier molecular flexibility index (Phi) is 7.03. The molecule has 2 nitrogen and oxygen atoms in total. The number of ether oxygens (including phenoxy) is 1. The summed E-state index contributed by atoms with van der Waals surface area (Å²) < 4.78 is 5.32. The van der Waals surface area contributed by atoms with E-state index in [9.17, 15) is 0 Å². The lowest BCUT2D eigenvalue weighted by Crippen LogP contribution is -2.29. The van der Waals surface area contributed by atoms with E-state index in [2.05, 4.69) is 19.2 Å². The van der Waals surface area contributed by atoms with Gasteiger partial charge in [-0.3, -0.25) is 0 Å². The van der Waals surface area contributed by atoms with E-state index >= 15 is 0 Å². The van der Waals surface area contributed by atoms with Crippen LogP contribution in [0.3, 0.4) is 0 Å². The molecule has 1 fully saturated rings. The van der Waals surface area contributed by atoms with Gasteiger partial charge in [0.15, 0.2) is 0 Å². The molecular weight excluding hydrogens is 186 g/mol. The first kappa shape index (κ1) is 13.0. The van der Waals surface area contributed by atoms with Crippen molar-refractivity contribution < 1.29 is 4.74 Å². The molecule has 1 rings (SSSR count). The number of hydrogen-bond donors (Lipinski definition) is 1. The molecule has 0 aromatic heterocycles. The molecule has 0 radical (unpaired) electrons. The third kappa shape index (κ3) is 6.91. The zero-order chi connectivity index (χ0) is 10.9. The van der Waals surface area contributed by atoms with Crippen molar-refractivity contribution in [2.45, 2.75) is 58.4 Å². The Balaban J connectivity index is 1.76. The molecule has 1 unspecified atom stereocenters. The van der Waals surface area contributed by atoms with Crippen LogP contribution in [0.4, 0.5) is 0 Å². The van der Waals surface area contributed by atoms with Crippen molar-refractivity contribution in [3.8, 4) is 0 Å². The van der Waals surface area contributed by atoms with Gasteiger partial charge in [0.1, 0.15) is 0 Å². The number of nitrogens with one attached hydrogen (secondary N) is 1. The first-order chi connectivity index (χ1) is 7.29. The van der Waals surface area contributed by atoms with Crippen LogP contribution in [-0.2, 0) is 4.74 Å². The topological polar surface area (TPSA) is 21.3 Å². The molecule has 1 heterocycles. The fourth-order valence-corrected chi connectivity index (χ4v) is 2.03. The van der Waals surface area contributed by atoms with Crippen LogP contribution in [0.1, 0.15) is 52.4 Å². The number of unbranched alkanes of at least 4 members (excludes halogenated alkanes) is 3. The molecule has 1 aliphatic rings. The highest BCUT2D eigenvalue weighted by Gasteiger charge is 2.13. The lowest BCUT2D eigenvalue weighted by Gasteiger charge is -2.10. The maximum atomic E-state index is 5.32. The largest absolute Gasteiger partial charge is 0.380 e. The van der Waals surface area contributed by atoms with Crippen LogP contribution in [-0.4, -0.2) is 25.8 Å². The molecule has 1 N–H and O–H groups in total. The molecule has 1 saturated heterocycles. The van der Waals surface area contributed by atoms with Crippen molar-refractivity contribution in [2.75, 3.05) is 19.8 Å². The molecule has 0 bridgehead atoms. The molecular formula is C13H27NO. The quantitative estimate of drug-likeness (QED) is 0.626. The Hall–Kier alpha value is -0.0800. The normalized spacial score (nSPS) is 21.4. The van der Waals surface area contributed by atoms with Crippen LogP contribution in [0.15, 0.2) is 0 Å². The van der Waals surface area contributed by atoms with Gasteiger partial charge in [-0.1, -0.05) is 39.5 Å². The van der Waals surface area contributed by atoms with E-state index in [1.54, 1.807) is 0 Å². The highest BCUT2D eigenvalue weighted by Crippen LogP contribution is 2.09. The van der Waals surface area contributed by atoms with Crippen molar-refractivity contribution in [3.05, 3.63) is 0 Å². The molecule has 0 spiro atoms. The third-order valence-corrected chi connectivity index (χ3v) is 3.07. The summed E-state index contributed by atoms with van der Waals surface area (Å²) in [6.45, 7) is 7.67. The van der Waals surface area contributed by atoms with Gasteiger partial charge in [0, 0.05) is 12.6 Å². The van der Waals surface area contributed by atoms with Crippen LogP contribution in [0.25, 0.3) is 0 Å². The molecule has 1 aliphatic heterocycles. The molecule has 90 valence electrons. The molecule has 2 heteroatoms. The smallest absolute Gasteiger partial charge is 0.0620 e. The minimum atomic E-state index is 0.640. The lowest BCUT2D eigenvalue weighted by molar-refractivity contribution is 0.190. The van der Waals surface area contributed by atoms with Gasteiger partial charge in [-0.25, -0.2) is 0 Å². The van der Waals surface area contributed by atoms with Crippen molar-refractivity contribution in [3.63, 3.8) is 0 Å². The molecule has 0 amide bonds. The van der Waals surface area contributed by atoms with Gasteiger partial charge in [-0.05, 0) is 25.3 Å². The van der Waals surface area contributed by atoms with E-state index in [-0.39, 0.29) is 0 Å². The minimum Gasteiger partial charge on any atom is -0.380 e. The maximum Gasteiger partial charge on any atom is 0.0620 e. The first-order valence-corrected chi connectivity index (χ1v) is 6.60. The lowest BCUT2D eigenvalue weighted by atomic mass is 10.0. The molecule has 1 atom stereocenters. The zero-order valence-corrected chi connectivity index (χ0v) is 10.4. The van der Waals surface area contributed by atoms with E-state index in [1.807, 2.05) is 0 Å². The molecule has 15 heavy (non-hydrogen) atoms. The number of hydrogen-bond acceptors (Lipinski definition) is 2. The van der Waals surface area contributed by atoms with Crippen molar-refractivity contribution >= 4 is 0 Å². The average Bonchev–Trinajstić information content (AvgIpc) is 2.68. The highest BCUT2D eigenvalue weighted by atomic mass is 16.5. The van der Waals surface area contributed by atoms with Gasteiger partial charge >= 0.3 is 0 Å². The molecule has 0 saturated carbocycles. The molecule has 0 aromatic rings. The van der Waals surface area contributed by atoms with E-state index in [1.165, 1.54) is 45.1 Å². The van der Waals surface area contributed by atoms with Crippen LogP contribution >= 0.6 is 0 Å². The second-order valence-electron chi connectivity index (χ2n) is 5.11. The van der Waals surface area contributed by atoms with E-state index in [0.717, 1.165) is 19.1 Å². The van der Waals surface area contributed by atoms with Crippen molar-refractivity contribution in [1.82, 2.24) is 5.32 Å². The summed E-state index contributed by atoms with van der Waals surface area (Å²) in [4.78, 5) is 0. The van der Waals surface area contributed by atoms with Gasteiger partial charge < -0.3 is 10.1 Å². The Morgan fingerprint density at radius 3 is 2.67 bits per heavy atom. The summed E-state index contributed by atoms with van der Waals surface area (Å²) in [6, 6.07) is 0.640. The monoisotopic (exact) mass is 213 g/mol. The van der Waals surface area contributed by atoms with Crippen LogP contribution in [0, 0.1) is 5.92 Å². The van der Waals surface area contributed by atoms with Crippen LogP contribution < -0.4 is 5.32 Å². The Bertz CT molecular complexity index is 141. The summed E-state index contributed by atoms with van der Waals surface area (Å²) in [6.07, 6.45) is 8.12. The van der Waals surface area contributed by atoms with Crippen molar-refractivity contribution in [2.24, 2.45) is 5.92 Å². The SMILES string of the molecule is CC(C)CCCCCCNC1CCOC1. The summed E-state index contributed by atoms with van der Waals surface area (Å²) in [5, 5.41) is 3.56. The fourth-order valence-electron chi connectivity index (χ4n) is 2.03. The van der Waals surface area contributed by atoms with Gasteiger partial charge in [0.2, 0.25) is 0 Å². The molecule has 0 aromatic carbocycles. The number of rotatable bonds is 8. The first-order valence-electron chi connectivity index (χ1n) is 6.60. The second-order valence-corrected chi connectivity index (χ2v) is 5.11. The maximum absolute atomic E-state index is 5.32. The van der Waals surface area contributed by atoms with E-state index in [4.69, 9.17) is 4.74 Å². The Morgan fingerprint density at radius 1 is 1.20 bits per heavy atom. The summed E-state index contributed by atoms with van der Waals surface area (Å²) in [5.74, 6) is 0.874. The second kappa shape index (κ2) is 8.12. The summed E-state index contributed by atoms with van der Waals surface area (Å²) in [5.41, 5.74) is 0. The Labute approximate surface area is 94.8 Å². The van der Waals surface area contributed by atoms with Gasteiger partial charge in [0.25, 0.3) is 0 Å². The average molecular weight is 213 g/mol. The van der Waals surface area contributed by atoms with E-state index < -0.39 is 0 Å². The van der Waals surface area contributed by atoms with Gasteiger partial charge in [0.05, 0.1) is 6.61 Å². The Morgan fingerprint density at radius 2 is 2.00 bits per heavy atom. The summed E-state index contributed by atoms with van der Waals surface area (Å²) in [7, 11) is 0. The molecule has 0 aliphatic carbocycles. The predicted octanol–water partition coefficient (Wildman–Crippen LogP) is 2.97. The predicted molar refractivity (Wildman–Crippen MR) is 65.1 cm³/mol. The van der Waals surface area contributed by atoms with E-state index in [0.29, 0.717) is 6.04 Å². The zero-order valence-electron chi connectivity index (χ0n) is 10.4. The highest BCUT2D eigenvalue weighted by molar-refractivity contribution is 4.70. The third-order valence-electron chi connectivity index (χ3n) is 3.07. The van der Waals surface area contributed by atoms with Gasteiger partial charge in [-0.15, -0.1) is 0 Å². The fraction of sp³-hybridized carbons (Fsp3) is 1.00. The van der Waals surface area contributed by atoms with Crippen LogP contribution in [0.2, 0.25) is 0 Å². The minimum absolute atomic E-state index is 0.640. The standard InChI is InChI=1S/C13H27NO/c1-12(2)7-5-3-4-6-9-14-13-8-10-15-11-13/h12-14H,3-11H2,1-2H3.